The van der Waals surface area contributed by atoms with Crippen molar-refractivity contribution in [3.8, 4) is 11.5 Å². The number of hydrogen-bond acceptors (Lipinski definition) is 4. The lowest BCUT2D eigenvalue weighted by atomic mass is 10.1. The van der Waals surface area contributed by atoms with E-state index >= 15 is 0 Å². The van der Waals surface area contributed by atoms with Crippen molar-refractivity contribution in [2.75, 3.05) is 6.54 Å². The molecule has 0 fully saturated rings. The van der Waals surface area contributed by atoms with E-state index in [1.165, 1.54) is 9.70 Å². The van der Waals surface area contributed by atoms with Crippen LogP contribution < -0.4 is 0 Å². The molecule has 0 saturated heterocycles. The van der Waals surface area contributed by atoms with Gasteiger partial charge in [0.1, 0.15) is 8.07 Å². The molecule has 2 aromatic rings. The second-order valence-corrected chi connectivity index (χ2v) is 13.7. The Kier molecular flexibility index (Phi) is 5.02. The number of rotatable bonds is 3. The predicted molar refractivity (Wildman–Crippen MR) is 111 cm³/mol. The molecule has 1 aromatic heterocycles. The van der Waals surface area contributed by atoms with Gasteiger partial charge < -0.3 is 0 Å². The first kappa shape index (κ1) is 20.0. The van der Waals surface area contributed by atoms with E-state index in [1.54, 1.807) is 24.3 Å². The molecule has 1 aliphatic heterocycles. The van der Waals surface area contributed by atoms with E-state index in [9.17, 15) is 9.59 Å². The summed E-state index contributed by atoms with van der Waals surface area (Å²) >= 11 is 0. The molecule has 1 aromatic carbocycles. The van der Waals surface area contributed by atoms with Gasteiger partial charge in [-0.05, 0) is 24.1 Å². The molecule has 0 unspecified atom stereocenters. The van der Waals surface area contributed by atoms with E-state index in [4.69, 9.17) is 0 Å². The number of hydrogen-bond donors (Lipinski definition) is 0. The molecule has 1 aliphatic rings. The van der Waals surface area contributed by atoms with Gasteiger partial charge in [-0.3, -0.25) is 14.5 Å². The SMILES string of the molecule is Cc1nn(CCN2C(=O)c3ccccc3C2=O)nc1C#C[Si](C)(C)C(C)(C)C. The molecule has 0 aliphatic carbocycles. The zero-order valence-electron chi connectivity index (χ0n) is 17.3. The van der Waals surface area contributed by atoms with E-state index in [0.717, 1.165) is 5.69 Å². The summed E-state index contributed by atoms with van der Waals surface area (Å²) in [6, 6.07) is 6.89. The van der Waals surface area contributed by atoms with E-state index in [2.05, 4.69) is 55.5 Å². The highest BCUT2D eigenvalue weighted by atomic mass is 28.3. The zero-order valence-corrected chi connectivity index (χ0v) is 18.3. The largest absolute Gasteiger partial charge is 0.272 e. The van der Waals surface area contributed by atoms with E-state index in [1.807, 2.05) is 6.92 Å². The average Bonchev–Trinajstić information content (AvgIpc) is 3.09. The molecule has 0 radical (unpaired) electrons. The Morgan fingerprint density at radius 3 is 2.11 bits per heavy atom. The second-order valence-electron chi connectivity index (χ2n) is 8.66. The summed E-state index contributed by atoms with van der Waals surface area (Å²) in [5.74, 6) is 2.69. The molecular formula is C21H26N4O2Si. The van der Waals surface area contributed by atoms with Crippen LogP contribution in [0.3, 0.4) is 0 Å². The summed E-state index contributed by atoms with van der Waals surface area (Å²) in [6.45, 7) is 13.6. The molecule has 2 amide bonds. The van der Waals surface area contributed by atoms with E-state index < -0.39 is 8.07 Å². The maximum absolute atomic E-state index is 12.4. The lowest BCUT2D eigenvalue weighted by Gasteiger charge is -2.31. The van der Waals surface area contributed by atoms with Gasteiger partial charge >= 0.3 is 0 Å². The van der Waals surface area contributed by atoms with Crippen molar-refractivity contribution in [1.82, 2.24) is 19.9 Å². The highest BCUT2D eigenvalue weighted by Crippen LogP contribution is 2.35. The Morgan fingerprint density at radius 1 is 1.00 bits per heavy atom. The van der Waals surface area contributed by atoms with Gasteiger partial charge in [-0.15, -0.1) is 10.6 Å². The monoisotopic (exact) mass is 394 g/mol. The molecule has 7 heteroatoms. The summed E-state index contributed by atoms with van der Waals surface area (Å²) in [6.07, 6.45) is 0. The van der Waals surface area contributed by atoms with Crippen LogP contribution in [0.15, 0.2) is 24.3 Å². The molecule has 0 saturated carbocycles. The third-order valence-corrected chi connectivity index (χ3v) is 10.1. The fourth-order valence-electron chi connectivity index (χ4n) is 2.68. The highest BCUT2D eigenvalue weighted by molar-refractivity contribution is 6.87. The standard InChI is InChI=1S/C21H26N4O2Si/c1-15-18(11-14-28(5,6)21(2,3)4)23-25(22-15)13-12-24-19(26)16-9-7-8-10-17(16)20(24)27/h7-10H,12-13H2,1-6H3. The molecular weight excluding hydrogens is 368 g/mol. The Bertz CT molecular complexity index is 970. The first-order valence-corrected chi connectivity index (χ1v) is 12.4. The minimum absolute atomic E-state index is 0.176. The van der Waals surface area contributed by atoms with Crippen LogP contribution in [0.1, 0.15) is 52.9 Å². The molecule has 0 spiro atoms. The van der Waals surface area contributed by atoms with Gasteiger partial charge in [0.25, 0.3) is 11.8 Å². The zero-order chi connectivity index (χ0) is 20.7. The van der Waals surface area contributed by atoms with Crippen LogP contribution in [0.2, 0.25) is 18.1 Å². The van der Waals surface area contributed by atoms with Crippen molar-refractivity contribution in [2.45, 2.75) is 52.4 Å². The normalized spacial score (nSPS) is 14.1. The van der Waals surface area contributed by atoms with Crippen molar-refractivity contribution in [2.24, 2.45) is 0 Å². The first-order chi connectivity index (χ1) is 13.0. The van der Waals surface area contributed by atoms with Gasteiger partial charge in [0.2, 0.25) is 0 Å². The van der Waals surface area contributed by atoms with Gasteiger partial charge in [0.05, 0.1) is 29.9 Å². The quantitative estimate of drug-likeness (QED) is 0.455. The van der Waals surface area contributed by atoms with Crippen molar-refractivity contribution in [3.05, 3.63) is 46.8 Å². The van der Waals surface area contributed by atoms with Crippen LogP contribution in [-0.2, 0) is 6.54 Å². The molecule has 0 N–H and O–H groups in total. The number of aromatic nitrogens is 3. The van der Waals surface area contributed by atoms with Crippen LogP contribution in [0.4, 0.5) is 0 Å². The number of nitrogens with zero attached hydrogens (tertiary/aromatic N) is 4. The first-order valence-electron chi connectivity index (χ1n) is 9.41. The third-order valence-electron chi connectivity index (χ3n) is 5.59. The van der Waals surface area contributed by atoms with Crippen molar-refractivity contribution < 1.29 is 9.59 Å². The summed E-state index contributed by atoms with van der Waals surface area (Å²) in [7, 11) is -1.73. The minimum atomic E-state index is -1.73. The topological polar surface area (TPSA) is 68.1 Å². The van der Waals surface area contributed by atoms with E-state index in [-0.39, 0.29) is 23.4 Å². The molecule has 2 heterocycles. The number of benzene rings is 1. The van der Waals surface area contributed by atoms with Gasteiger partial charge in [-0.2, -0.15) is 9.90 Å². The third kappa shape index (κ3) is 3.65. The maximum atomic E-state index is 12.4. The second kappa shape index (κ2) is 7.02. The number of imide groups is 1. The number of carbonyl (C=O) groups excluding carboxylic acids is 2. The average molecular weight is 395 g/mol. The summed E-state index contributed by atoms with van der Waals surface area (Å²) in [4.78, 5) is 27.7. The Morgan fingerprint density at radius 2 is 1.57 bits per heavy atom. The summed E-state index contributed by atoms with van der Waals surface area (Å²) in [5.41, 5.74) is 5.78. The van der Waals surface area contributed by atoms with Gasteiger partial charge in [-0.1, -0.05) is 51.9 Å². The number of amides is 2. The lowest BCUT2D eigenvalue weighted by Crippen LogP contribution is -2.35. The number of carbonyl (C=O) groups is 2. The van der Waals surface area contributed by atoms with Gasteiger partial charge in [-0.25, -0.2) is 0 Å². The molecule has 3 rings (SSSR count). The van der Waals surface area contributed by atoms with Crippen LogP contribution >= 0.6 is 0 Å². The maximum Gasteiger partial charge on any atom is 0.261 e. The number of fused-ring (bicyclic) bond motifs is 1. The van der Waals surface area contributed by atoms with Crippen LogP contribution in [0, 0.1) is 18.4 Å². The fourth-order valence-corrected chi connectivity index (χ4v) is 3.49. The van der Waals surface area contributed by atoms with Gasteiger partial charge in [0, 0.05) is 0 Å². The molecule has 146 valence electrons. The van der Waals surface area contributed by atoms with Gasteiger partial charge in [0.15, 0.2) is 5.69 Å². The van der Waals surface area contributed by atoms with E-state index in [0.29, 0.717) is 23.4 Å². The van der Waals surface area contributed by atoms with Crippen LogP contribution in [-0.4, -0.2) is 46.3 Å². The minimum Gasteiger partial charge on any atom is -0.272 e. The Hall–Kier alpha value is -2.72. The fraction of sp³-hybridized carbons (Fsp3) is 0.429. The summed E-state index contributed by atoms with van der Waals surface area (Å²) in [5, 5.41) is 9.04. The Labute approximate surface area is 166 Å². The van der Waals surface area contributed by atoms with Crippen LogP contribution in [0.5, 0.6) is 0 Å². The molecule has 28 heavy (non-hydrogen) atoms. The summed E-state index contributed by atoms with van der Waals surface area (Å²) < 4.78 is 0. The molecule has 0 atom stereocenters. The predicted octanol–water partition coefficient (Wildman–Crippen LogP) is 3.28. The number of aryl methyl sites for hydroxylation is 1. The van der Waals surface area contributed by atoms with Crippen molar-refractivity contribution in [1.29, 1.82) is 0 Å². The van der Waals surface area contributed by atoms with Crippen molar-refractivity contribution >= 4 is 19.9 Å². The highest BCUT2D eigenvalue weighted by Gasteiger charge is 2.35. The molecule has 6 nitrogen and oxygen atoms in total. The Balaban J connectivity index is 1.72. The van der Waals surface area contributed by atoms with Crippen molar-refractivity contribution in [3.63, 3.8) is 0 Å². The van der Waals surface area contributed by atoms with Crippen LogP contribution in [0.25, 0.3) is 0 Å². The lowest BCUT2D eigenvalue weighted by molar-refractivity contribution is 0.0645. The smallest absolute Gasteiger partial charge is 0.261 e. The molecule has 0 bridgehead atoms.